The number of ether oxygens (including phenoxy) is 2. The van der Waals surface area contributed by atoms with E-state index < -0.39 is 48.7 Å². The summed E-state index contributed by atoms with van der Waals surface area (Å²) in [5.41, 5.74) is 0.481. The van der Waals surface area contributed by atoms with Crippen molar-refractivity contribution in [3.63, 3.8) is 0 Å². The van der Waals surface area contributed by atoms with Crippen LogP contribution in [0, 0.1) is 23.7 Å². The Hall–Kier alpha value is -2.32. The second kappa shape index (κ2) is 8.07. The summed E-state index contributed by atoms with van der Waals surface area (Å²) in [6.45, 7) is -1.08. The van der Waals surface area contributed by atoms with Crippen LogP contribution in [0.15, 0.2) is 24.3 Å². The van der Waals surface area contributed by atoms with Crippen LogP contribution in [0.3, 0.4) is 0 Å². The summed E-state index contributed by atoms with van der Waals surface area (Å²) in [4.78, 5) is 50.5. The van der Waals surface area contributed by atoms with Crippen LogP contribution in [0.1, 0.15) is 6.42 Å². The number of rotatable bonds is 6. The first-order valence-electron chi connectivity index (χ1n) is 9.54. The number of imide groups is 1. The molecule has 1 heterocycles. The SMILES string of the molecule is COc1cccc(NC(=O)COC(=O)CN2C(=O)[C@@H]3[C@H]4C[C@@H]([C@@H](Cl)[C@H]4Cl)[C@H]3C2=O)c1. The van der Waals surface area contributed by atoms with Crippen molar-refractivity contribution in [3.05, 3.63) is 24.3 Å². The lowest BCUT2D eigenvalue weighted by Crippen LogP contribution is -2.38. The third kappa shape index (κ3) is 3.52. The molecule has 160 valence electrons. The van der Waals surface area contributed by atoms with Gasteiger partial charge in [0, 0.05) is 11.8 Å². The van der Waals surface area contributed by atoms with Gasteiger partial charge in [0.1, 0.15) is 12.3 Å². The number of nitrogens with one attached hydrogen (secondary N) is 1. The Morgan fingerprint density at radius 3 is 2.37 bits per heavy atom. The Balaban J connectivity index is 1.31. The van der Waals surface area contributed by atoms with Crippen LogP contribution in [0.4, 0.5) is 5.69 Å². The Morgan fingerprint density at radius 2 is 1.77 bits per heavy atom. The molecule has 8 nitrogen and oxygen atoms in total. The van der Waals surface area contributed by atoms with E-state index >= 15 is 0 Å². The molecule has 2 saturated carbocycles. The van der Waals surface area contributed by atoms with Crippen molar-refractivity contribution in [3.8, 4) is 5.75 Å². The number of esters is 1. The van der Waals surface area contributed by atoms with Gasteiger partial charge in [0.05, 0.1) is 29.7 Å². The number of halogens is 2. The number of nitrogens with zero attached hydrogens (tertiary/aromatic N) is 1. The van der Waals surface area contributed by atoms with Crippen molar-refractivity contribution in [2.75, 3.05) is 25.6 Å². The Bertz CT molecular complexity index is 877. The van der Waals surface area contributed by atoms with Gasteiger partial charge in [-0.05, 0) is 30.4 Å². The normalized spacial score (nSPS) is 31.6. The van der Waals surface area contributed by atoms with E-state index in [1.54, 1.807) is 24.3 Å². The molecule has 10 heteroatoms. The van der Waals surface area contributed by atoms with E-state index in [9.17, 15) is 19.2 Å². The van der Waals surface area contributed by atoms with Gasteiger partial charge in [0.25, 0.3) is 5.91 Å². The summed E-state index contributed by atoms with van der Waals surface area (Å²) < 4.78 is 10.0. The lowest BCUT2D eigenvalue weighted by atomic mass is 9.80. The average molecular weight is 455 g/mol. The highest BCUT2D eigenvalue weighted by Gasteiger charge is 2.66. The lowest BCUT2D eigenvalue weighted by molar-refractivity contribution is -0.154. The highest BCUT2D eigenvalue weighted by atomic mass is 35.5. The van der Waals surface area contributed by atoms with Gasteiger partial charge in [-0.15, -0.1) is 23.2 Å². The fourth-order valence-corrected chi connectivity index (χ4v) is 5.68. The van der Waals surface area contributed by atoms with Gasteiger partial charge in [-0.3, -0.25) is 24.1 Å². The molecule has 1 aromatic carbocycles. The fourth-order valence-electron chi connectivity index (χ4n) is 4.79. The zero-order chi connectivity index (χ0) is 21.6. The van der Waals surface area contributed by atoms with Crippen molar-refractivity contribution in [2.45, 2.75) is 17.2 Å². The van der Waals surface area contributed by atoms with Gasteiger partial charge in [-0.25, -0.2) is 0 Å². The van der Waals surface area contributed by atoms with E-state index in [4.69, 9.17) is 32.7 Å². The number of hydrogen-bond donors (Lipinski definition) is 1. The molecule has 1 aromatic rings. The van der Waals surface area contributed by atoms with Gasteiger partial charge in [-0.2, -0.15) is 0 Å². The zero-order valence-electron chi connectivity index (χ0n) is 16.0. The first-order valence-corrected chi connectivity index (χ1v) is 10.4. The first kappa shape index (κ1) is 20.9. The lowest BCUT2D eigenvalue weighted by Gasteiger charge is -2.28. The van der Waals surface area contributed by atoms with E-state index in [1.165, 1.54) is 7.11 Å². The van der Waals surface area contributed by atoms with Gasteiger partial charge in [0.2, 0.25) is 11.8 Å². The number of carbonyl (C=O) groups is 4. The molecule has 1 aliphatic heterocycles. The molecule has 0 aromatic heterocycles. The van der Waals surface area contributed by atoms with Crippen molar-refractivity contribution in [1.29, 1.82) is 0 Å². The quantitative estimate of drug-likeness (QED) is 0.398. The van der Waals surface area contributed by atoms with Crippen LogP contribution in [-0.4, -0.2) is 59.6 Å². The van der Waals surface area contributed by atoms with Gasteiger partial charge >= 0.3 is 5.97 Å². The standard InChI is InChI=1S/C20H20Cl2N2O6/c1-29-10-4-2-3-9(5-10)23-13(25)8-30-14(26)7-24-19(27)15-11-6-12(16(15)20(24)28)18(22)17(11)21/h2-5,11-12,15-18H,6-8H2,1H3,(H,23,25)/t11-,12-,15-,16-,17-,18+/m1/s1. The van der Waals surface area contributed by atoms with E-state index in [0.717, 1.165) is 4.90 Å². The Labute approximate surface area is 182 Å². The number of amides is 3. The zero-order valence-corrected chi connectivity index (χ0v) is 17.6. The van der Waals surface area contributed by atoms with Gasteiger partial charge in [-0.1, -0.05) is 6.07 Å². The molecule has 3 amide bonds. The third-order valence-electron chi connectivity index (χ3n) is 6.08. The smallest absolute Gasteiger partial charge is 0.326 e. The number of hydrogen-bond acceptors (Lipinski definition) is 6. The highest BCUT2D eigenvalue weighted by Crippen LogP contribution is 2.59. The summed E-state index contributed by atoms with van der Waals surface area (Å²) in [6.07, 6.45) is 0.651. The number of anilines is 1. The molecule has 2 bridgehead atoms. The molecule has 30 heavy (non-hydrogen) atoms. The van der Waals surface area contributed by atoms with Crippen LogP contribution < -0.4 is 10.1 Å². The summed E-state index contributed by atoms with van der Waals surface area (Å²) in [5, 5.41) is 1.85. The van der Waals surface area contributed by atoms with Crippen molar-refractivity contribution in [2.24, 2.45) is 23.7 Å². The molecule has 0 spiro atoms. The number of benzene rings is 1. The Kier molecular flexibility index (Phi) is 5.63. The summed E-state index contributed by atoms with van der Waals surface area (Å²) in [6, 6.07) is 6.69. The molecule has 3 aliphatic rings. The second-order valence-corrected chi connectivity index (χ2v) is 8.72. The predicted octanol–water partition coefficient (Wildman–Crippen LogP) is 1.64. The van der Waals surface area contributed by atoms with Crippen molar-refractivity contribution >= 4 is 52.6 Å². The van der Waals surface area contributed by atoms with E-state index in [0.29, 0.717) is 17.9 Å². The maximum absolute atomic E-state index is 12.7. The molecule has 2 aliphatic carbocycles. The minimum atomic E-state index is -0.838. The fraction of sp³-hybridized carbons (Fsp3) is 0.500. The highest BCUT2D eigenvalue weighted by molar-refractivity contribution is 6.31. The first-order chi connectivity index (χ1) is 14.3. The number of carbonyl (C=O) groups excluding carboxylic acids is 4. The molecule has 6 atom stereocenters. The maximum Gasteiger partial charge on any atom is 0.326 e. The average Bonchev–Trinajstić information content (AvgIpc) is 3.33. The van der Waals surface area contributed by atoms with Crippen LogP contribution in [0.2, 0.25) is 0 Å². The van der Waals surface area contributed by atoms with Crippen LogP contribution >= 0.6 is 23.2 Å². The topological polar surface area (TPSA) is 102 Å². The summed E-state index contributed by atoms with van der Waals surface area (Å²) in [7, 11) is 1.50. The van der Waals surface area contributed by atoms with Crippen LogP contribution in [0.25, 0.3) is 0 Å². The number of fused-ring (bicyclic) bond motifs is 5. The molecular formula is C20H20Cl2N2O6. The third-order valence-corrected chi connectivity index (χ3v) is 7.40. The molecule has 4 rings (SSSR count). The van der Waals surface area contributed by atoms with E-state index in [-0.39, 0.29) is 22.6 Å². The van der Waals surface area contributed by atoms with Gasteiger partial charge in [0.15, 0.2) is 6.61 Å². The van der Waals surface area contributed by atoms with Crippen LogP contribution in [-0.2, 0) is 23.9 Å². The number of methoxy groups -OCH3 is 1. The molecular weight excluding hydrogens is 435 g/mol. The Morgan fingerprint density at radius 1 is 1.13 bits per heavy atom. The van der Waals surface area contributed by atoms with E-state index in [1.807, 2.05) is 0 Å². The molecule has 3 fully saturated rings. The largest absolute Gasteiger partial charge is 0.497 e. The maximum atomic E-state index is 12.7. The monoisotopic (exact) mass is 454 g/mol. The molecule has 1 saturated heterocycles. The minimum Gasteiger partial charge on any atom is -0.497 e. The van der Waals surface area contributed by atoms with Crippen molar-refractivity contribution in [1.82, 2.24) is 4.90 Å². The number of alkyl halides is 2. The molecule has 0 unspecified atom stereocenters. The van der Waals surface area contributed by atoms with Gasteiger partial charge < -0.3 is 14.8 Å². The molecule has 1 N–H and O–H groups in total. The predicted molar refractivity (Wildman–Crippen MR) is 107 cm³/mol. The minimum absolute atomic E-state index is 0.157. The summed E-state index contributed by atoms with van der Waals surface area (Å²) >= 11 is 12.6. The number of likely N-dealkylation sites (tertiary alicyclic amines) is 1. The van der Waals surface area contributed by atoms with Crippen molar-refractivity contribution < 1.29 is 28.7 Å². The summed E-state index contributed by atoms with van der Waals surface area (Å²) in [5.74, 6) is -3.02. The molecule has 0 radical (unpaired) electrons. The van der Waals surface area contributed by atoms with Crippen LogP contribution in [0.5, 0.6) is 5.75 Å². The second-order valence-electron chi connectivity index (χ2n) is 7.71. The van der Waals surface area contributed by atoms with E-state index in [2.05, 4.69) is 5.32 Å².